The minimum atomic E-state index is -8.22. The van der Waals surface area contributed by atoms with Gasteiger partial charge in [-0.3, -0.25) is 0 Å². The molecule has 0 saturated carbocycles. The highest BCUT2D eigenvalue weighted by Gasteiger charge is 2.91. The van der Waals surface area contributed by atoms with Gasteiger partial charge in [0, 0.05) is 0 Å². The quantitative estimate of drug-likeness (QED) is 0.206. The molecule has 0 aliphatic heterocycles. The lowest BCUT2D eigenvalue weighted by molar-refractivity contribution is -0.921. The maximum Gasteiger partial charge on any atom is 0.402 e. The van der Waals surface area contributed by atoms with Crippen LogP contribution in [0.5, 0.6) is 0 Å². The Balaban J connectivity index is 0. The van der Waals surface area contributed by atoms with Crippen LogP contribution in [0.25, 0.3) is 0 Å². The molecule has 0 N–H and O–H groups in total. The van der Waals surface area contributed by atoms with E-state index in [1.165, 1.54) is 30.7 Å². The van der Waals surface area contributed by atoms with Crippen LogP contribution in [0.2, 0.25) is 0 Å². The molecule has 0 amide bonds. The molecule has 0 fully saturated rings. The predicted molar refractivity (Wildman–Crippen MR) is 87.8 cm³/mol. The topological polar surface area (TPSA) is 57.2 Å². The van der Waals surface area contributed by atoms with Gasteiger partial charge in [0.15, 0.2) is 16.8 Å². The molecule has 0 rings (SSSR count). The summed E-state index contributed by atoms with van der Waals surface area (Å²) in [4.78, 5) is 0. The number of quaternary nitrogens is 1. The standard InChI is InChI=1S/C8H20N.C7H3F13O3S/c1-5-9(6-2,7-3)8-4;8-1-2(9,10)3(11,12)4(13,14)5(15,16)6(17,18)7(19,20)24(21,22)23/h5-8H2,1-4H3;1H2,(H,21,22,23)/q+1;/p-1. The van der Waals surface area contributed by atoms with E-state index in [1.807, 2.05) is 0 Å². The maximum absolute atomic E-state index is 12.8. The van der Waals surface area contributed by atoms with Gasteiger partial charge in [0.05, 0.1) is 26.2 Å². The maximum atomic E-state index is 12.8. The zero-order valence-corrected chi connectivity index (χ0v) is 18.3. The lowest BCUT2D eigenvalue weighted by Gasteiger charge is -2.41. The summed E-state index contributed by atoms with van der Waals surface area (Å²) in [6, 6.07) is 0. The van der Waals surface area contributed by atoms with Crippen LogP contribution in [0.15, 0.2) is 0 Å². The molecule has 0 aromatic rings. The van der Waals surface area contributed by atoms with Gasteiger partial charge in [0.1, 0.15) is 0 Å². The number of rotatable bonds is 11. The van der Waals surface area contributed by atoms with Crippen LogP contribution in [-0.4, -0.2) is 85.2 Å². The van der Waals surface area contributed by atoms with Gasteiger partial charge in [0.2, 0.25) is 0 Å². The molecule has 0 saturated heterocycles. The summed E-state index contributed by atoms with van der Waals surface area (Å²) in [5, 5.41) is -7.60. The second kappa shape index (κ2) is 10.3. The molecule has 0 spiro atoms. The fourth-order valence-corrected chi connectivity index (χ4v) is 2.83. The minimum absolute atomic E-state index is 1.28. The molecule has 0 unspecified atom stereocenters. The molecule has 0 heterocycles. The van der Waals surface area contributed by atoms with E-state index in [4.69, 9.17) is 0 Å². The van der Waals surface area contributed by atoms with Crippen LogP contribution in [0.4, 0.5) is 57.1 Å². The minimum Gasteiger partial charge on any atom is -0.743 e. The van der Waals surface area contributed by atoms with Crippen LogP contribution in [0, 0.1) is 0 Å². The molecule has 0 bridgehead atoms. The lowest BCUT2D eigenvalue weighted by Crippen LogP contribution is -2.71. The van der Waals surface area contributed by atoms with Gasteiger partial charge >= 0.3 is 34.9 Å². The zero-order chi connectivity index (χ0) is 27.5. The van der Waals surface area contributed by atoms with Crippen molar-refractivity contribution < 1.29 is 74.5 Å². The number of hydrogen-bond donors (Lipinski definition) is 0. The number of alkyl halides is 13. The summed E-state index contributed by atoms with van der Waals surface area (Å²) in [6.07, 6.45) is 0. The first-order valence-electron chi connectivity index (χ1n) is 8.94. The Labute approximate surface area is 181 Å². The van der Waals surface area contributed by atoms with Crippen LogP contribution in [0.3, 0.4) is 0 Å². The Kier molecular flexibility index (Phi) is 10.6. The molecule has 0 aromatic heterocycles. The molecule has 18 heteroatoms. The van der Waals surface area contributed by atoms with Crippen LogP contribution in [0.1, 0.15) is 27.7 Å². The first-order valence-corrected chi connectivity index (χ1v) is 10.3. The highest BCUT2D eigenvalue weighted by atomic mass is 32.2. The van der Waals surface area contributed by atoms with E-state index < -0.39 is 51.7 Å². The van der Waals surface area contributed by atoms with E-state index >= 15 is 0 Å². The van der Waals surface area contributed by atoms with Crippen molar-refractivity contribution in [2.45, 2.75) is 62.6 Å². The average molecular weight is 543 g/mol. The average Bonchev–Trinajstić information content (AvgIpc) is 2.69. The van der Waals surface area contributed by atoms with Crippen molar-refractivity contribution in [2.75, 3.05) is 32.9 Å². The normalized spacial score (nSPS) is 15.2. The molecule has 4 nitrogen and oxygen atoms in total. The van der Waals surface area contributed by atoms with Crippen molar-refractivity contribution in [1.82, 2.24) is 0 Å². The summed E-state index contributed by atoms with van der Waals surface area (Å²) in [7, 11) is -7.84. The SMILES string of the molecule is CC[N+](CC)(CC)CC.O=S(=O)([O-])C(F)(F)C(F)(F)C(F)(F)C(F)(F)C(F)(F)C(F)(F)CF. The zero-order valence-electron chi connectivity index (χ0n) is 17.5. The largest absolute Gasteiger partial charge is 0.743 e. The molecule has 202 valence electrons. The van der Waals surface area contributed by atoms with Crippen LogP contribution < -0.4 is 0 Å². The third kappa shape index (κ3) is 5.62. The summed E-state index contributed by atoms with van der Waals surface area (Å²) in [5.74, 6) is -38.8. The highest BCUT2D eigenvalue weighted by molar-refractivity contribution is 7.86. The lowest BCUT2D eigenvalue weighted by atomic mass is 9.95. The van der Waals surface area contributed by atoms with Crippen LogP contribution in [-0.2, 0) is 10.1 Å². The molecule has 0 aliphatic rings. The fourth-order valence-electron chi connectivity index (χ4n) is 2.39. The second-order valence-electron chi connectivity index (χ2n) is 6.71. The van der Waals surface area contributed by atoms with Crippen molar-refractivity contribution in [3.05, 3.63) is 0 Å². The van der Waals surface area contributed by atoms with E-state index in [-0.39, 0.29) is 0 Å². The van der Waals surface area contributed by atoms with Gasteiger partial charge in [-0.25, -0.2) is 12.8 Å². The predicted octanol–water partition coefficient (Wildman–Crippen LogP) is 5.15. The van der Waals surface area contributed by atoms with E-state index in [2.05, 4.69) is 27.7 Å². The van der Waals surface area contributed by atoms with Crippen molar-refractivity contribution in [3.8, 4) is 0 Å². The van der Waals surface area contributed by atoms with Gasteiger partial charge in [-0.2, -0.15) is 52.7 Å². The molecule has 0 aliphatic carbocycles. The summed E-state index contributed by atoms with van der Waals surface area (Å²) < 4.78 is 194. The van der Waals surface area contributed by atoms with Gasteiger partial charge < -0.3 is 9.04 Å². The molecular weight excluding hydrogens is 521 g/mol. The molecule has 33 heavy (non-hydrogen) atoms. The number of halogens is 13. The molecular formula is C15H22F13NO3S. The van der Waals surface area contributed by atoms with E-state index in [1.54, 1.807) is 0 Å². The first-order chi connectivity index (χ1) is 14.3. The second-order valence-corrected chi connectivity index (χ2v) is 8.13. The molecule has 0 aromatic carbocycles. The summed E-state index contributed by atoms with van der Waals surface area (Å²) in [6.45, 7) is 10.4. The van der Waals surface area contributed by atoms with E-state index in [0.29, 0.717) is 0 Å². The number of nitrogens with zero attached hydrogens (tertiary/aromatic N) is 1. The molecule has 0 atom stereocenters. The van der Waals surface area contributed by atoms with E-state index in [0.717, 1.165) is 0 Å². The van der Waals surface area contributed by atoms with Gasteiger partial charge in [-0.05, 0) is 27.7 Å². The van der Waals surface area contributed by atoms with Gasteiger partial charge in [-0.15, -0.1) is 0 Å². The molecule has 0 radical (unpaired) electrons. The Morgan fingerprint density at radius 1 is 0.606 bits per heavy atom. The highest BCUT2D eigenvalue weighted by Crippen LogP contribution is 2.60. The third-order valence-electron chi connectivity index (χ3n) is 5.17. The first kappa shape index (κ1) is 34.1. The summed E-state index contributed by atoms with van der Waals surface area (Å²) in [5.41, 5.74) is 0. The monoisotopic (exact) mass is 543 g/mol. The summed E-state index contributed by atoms with van der Waals surface area (Å²) >= 11 is 0. The smallest absolute Gasteiger partial charge is 0.402 e. The van der Waals surface area contributed by atoms with E-state index in [9.17, 15) is 70.0 Å². The van der Waals surface area contributed by atoms with Crippen molar-refractivity contribution in [1.29, 1.82) is 0 Å². The van der Waals surface area contributed by atoms with Crippen molar-refractivity contribution in [2.24, 2.45) is 0 Å². The van der Waals surface area contributed by atoms with Crippen LogP contribution >= 0.6 is 0 Å². The Hall–Kier alpha value is -1.04. The number of hydrogen-bond acceptors (Lipinski definition) is 3. The Bertz CT molecular complexity index is 720. The Morgan fingerprint density at radius 3 is 1.06 bits per heavy atom. The van der Waals surface area contributed by atoms with Gasteiger partial charge in [0.25, 0.3) is 0 Å². The third-order valence-corrected chi connectivity index (χ3v) is 6.06. The van der Waals surface area contributed by atoms with Crippen molar-refractivity contribution in [3.63, 3.8) is 0 Å². The Morgan fingerprint density at radius 2 is 0.879 bits per heavy atom. The van der Waals surface area contributed by atoms with Crippen molar-refractivity contribution >= 4 is 10.1 Å². The fraction of sp³-hybridized carbons (Fsp3) is 1.00. The van der Waals surface area contributed by atoms with Gasteiger partial charge in [-0.1, -0.05) is 0 Å².